The lowest BCUT2D eigenvalue weighted by Crippen LogP contribution is -2.30. The molecule has 3 aromatic rings. The highest BCUT2D eigenvalue weighted by Crippen LogP contribution is 2.37. The lowest BCUT2D eigenvalue weighted by Gasteiger charge is -2.28. The molecule has 9 nitrogen and oxygen atoms in total. The molecule has 35 heavy (non-hydrogen) atoms. The number of nitrogens with zero attached hydrogens (tertiary/aromatic N) is 2. The van der Waals surface area contributed by atoms with Crippen molar-refractivity contribution in [1.82, 2.24) is 9.97 Å². The summed E-state index contributed by atoms with van der Waals surface area (Å²) in [5.41, 5.74) is 0.960. The number of phenols is 1. The van der Waals surface area contributed by atoms with Crippen molar-refractivity contribution in [3.05, 3.63) is 42.0 Å². The van der Waals surface area contributed by atoms with E-state index in [4.69, 9.17) is 9.47 Å². The molecule has 0 aliphatic carbocycles. The summed E-state index contributed by atoms with van der Waals surface area (Å²) < 4.78 is 53.2. The van der Waals surface area contributed by atoms with E-state index in [0.29, 0.717) is 11.5 Å². The molecule has 3 heterocycles. The topological polar surface area (TPSA) is 123 Å². The number of halogens is 1. The summed E-state index contributed by atoms with van der Waals surface area (Å²) in [7, 11) is -2.96. The third-order valence-electron chi connectivity index (χ3n) is 5.88. The molecule has 4 rings (SSSR count). The second-order valence-corrected chi connectivity index (χ2v) is 11.0. The van der Waals surface area contributed by atoms with Gasteiger partial charge in [-0.25, -0.2) is 22.8 Å². The molecule has 3 N–H and O–H groups in total. The summed E-state index contributed by atoms with van der Waals surface area (Å²) in [6, 6.07) is 4.78. The van der Waals surface area contributed by atoms with Gasteiger partial charge in [0.2, 0.25) is 5.88 Å². The van der Waals surface area contributed by atoms with E-state index in [-0.39, 0.29) is 28.3 Å². The number of sulfonamides is 1. The first kappa shape index (κ1) is 25.1. The number of pyridine rings is 1. The molecular weight excluding hydrogens is 495 g/mol. The summed E-state index contributed by atoms with van der Waals surface area (Å²) in [5.74, 6) is -0.872. The molecule has 1 aliphatic heterocycles. The molecule has 0 spiro atoms. The van der Waals surface area contributed by atoms with E-state index in [1.165, 1.54) is 36.8 Å². The molecule has 0 radical (unpaired) electrons. The first-order valence-electron chi connectivity index (χ1n) is 11.1. The van der Waals surface area contributed by atoms with Crippen LogP contribution >= 0.6 is 11.3 Å². The van der Waals surface area contributed by atoms with Gasteiger partial charge in [-0.1, -0.05) is 11.3 Å². The van der Waals surface area contributed by atoms with Crippen LogP contribution in [0.4, 0.5) is 15.2 Å². The van der Waals surface area contributed by atoms with Crippen LogP contribution in [0.3, 0.4) is 0 Å². The van der Waals surface area contributed by atoms with Gasteiger partial charge in [0, 0.05) is 37.1 Å². The lowest BCUT2D eigenvalue weighted by atomic mass is 9.93. The van der Waals surface area contributed by atoms with E-state index in [0.717, 1.165) is 53.9 Å². The monoisotopic (exact) mass is 522 g/mol. The Bertz CT molecular complexity index is 1310. The Morgan fingerprint density at radius 3 is 2.71 bits per heavy atom. The number of thiazole rings is 1. The predicted molar refractivity (Wildman–Crippen MR) is 132 cm³/mol. The van der Waals surface area contributed by atoms with Crippen molar-refractivity contribution in [2.75, 3.05) is 30.4 Å². The van der Waals surface area contributed by atoms with Crippen LogP contribution in [0.2, 0.25) is 0 Å². The van der Waals surface area contributed by atoms with Crippen LogP contribution in [-0.2, 0) is 14.8 Å². The van der Waals surface area contributed by atoms with E-state index < -0.39 is 15.8 Å². The highest BCUT2D eigenvalue weighted by Gasteiger charge is 2.25. The van der Waals surface area contributed by atoms with Crippen molar-refractivity contribution in [3.8, 4) is 22.1 Å². The predicted octanol–water partition coefficient (Wildman–Crippen LogP) is 4.39. The molecule has 2 aromatic heterocycles. The van der Waals surface area contributed by atoms with Gasteiger partial charge in [-0.05, 0) is 50.8 Å². The van der Waals surface area contributed by atoms with Crippen molar-refractivity contribution < 1.29 is 27.4 Å². The number of aryl methyl sites for hydroxylation is 1. The number of phenolic OH excluding ortho intramolecular Hbond substituents is 1. The van der Waals surface area contributed by atoms with Crippen LogP contribution < -0.4 is 14.8 Å². The number of rotatable bonds is 8. The zero-order valence-corrected chi connectivity index (χ0v) is 21.2. The van der Waals surface area contributed by atoms with E-state index in [9.17, 15) is 17.9 Å². The summed E-state index contributed by atoms with van der Waals surface area (Å²) in [6.45, 7) is 5.49. The smallest absolute Gasteiger partial charge is 0.267 e. The Morgan fingerprint density at radius 1 is 1.29 bits per heavy atom. The van der Waals surface area contributed by atoms with Crippen molar-refractivity contribution >= 4 is 32.2 Å². The minimum Gasteiger partial charge on any atom is -0.508 e. The van der Waals surface area contributed by atoms with Crippen molar-refractivity contribution in [2.24, 2.45) is 5.92 Å². The second-order valence-electron chi connectivity index (χ2n) is 8.32. The van der Waals surface area contributed by atoms with Crippen molar-refractivity contribution in [1.29, 1.82) is 0 Å². The van der Waals surface area contributed by atoms with Crippen LogP contribution in [0.15, 0.2) is 35.4 Å². The number of aromatic nitrogens is 2. The minimum absolute atomic E-state index is 0.130. The van der Waals surface area contributed by atoms with Gasteiger partial charge < -0.3 is 19.9 Å². The molecule has 0 saturated carbocycles. The molecule has 188 valence electrons. The third kappa shape index (κ3) is 5.65. The molecule has 12 heteroatoms. The van der Waals surface area contributed by atoms with Crippen molar-refractivity contribution in [3.63, 3.8) is 0 Å². The Hall–Kier alpha value is -2.96. The fraction of sp³-hybridized carbons (Fsp3) is 0.391. The first-order valence-corrected chi connectivity index (χ1v) is 13.4. The van der Waals surface area contributed by atoms with Crippen LogP contribution in [-0.4, -0.2) is 49.9 Å². The largest absolute Gasteiger partial charge is 0.508 e. The highest BCUT2D eigenvalue weighted by molar-refractivity contribution is 7.92. The summed E-state index contributed by atoms with van der Waals surface area (Å²) in [5, 5.41) is 13.6. The molecular formula is C23H27FN4O5S2. The Balaban J connectivity index is 1.62. The fourth-order valence-electron chi connectivity index (χ4n) is 3.94. The van der Waals surface area contributed by atoms with Gasteiger partial charge in [-0.2, -0.15) is 0 Å². The van der Waals surface area contributed by atoms with Gasteiger partial charge in [0.1, 0.15) is 10.6 Å². The lowest BCUT2D eigenvalue weighted by molar-refractivity contribution is 0.0622. The SMILES string of the molecule is COc1ncc(-c2sc(NC(C)C3CCOCC3)nc2C)cc1S(=O)(=O)Nc1ccc(O)cc1F. The Morgan fingerprint density at radius 2 is 2.03 bits per heavy atom. The number of hydrogen-bond donors (Lipinski definition) is 3. The average molecular weight is 523 g/mol. The molecule has 1 aliphatic rings. The Kier molecular flexibility index (Phi) is 7.43. The van der Waals surface area contributed by atoms with Gasteiger partial charge in [-0.3, -0.25) is 4.72 Å². The maximum Gasteiger partial charge on any atom is 0.267 e. The fourth-order valence-corrected chi connectivity index (χ4v) is 6.20. The molecule has 0 amide bonds. The zero-order valence-electron chi connectivity index (χ0n) is 19.5. The number of nitrogens with one attached hydrogen (secondary N) is 2. The molecule has 1 fully saturated rings. The zero-order chi connectivity index (χ0) is 25.2. The maximum atomic E-state index is 14.2. The van der Waals surface area contributed by atoms with E-state index in [2.05, 4.69) is 26.9 Å². The molecule has 1 atom stereocenters. The normalized spacial score (nSPS) is 15.5. The molecule has 1 unspecified atom stereocenters. The molecule has 1 aromatic carbocycles. The highest BCUT2D eigenvalue weighted by atomic mass is 32.2. The number of aromatic hydroxyl groups is 1. The average Bonchev–Trinajstić information content (AvgIpc) is 3.20. The van der Waals surface area contributed by atoms with E-state index in [1.807, 2.05) is 6.92 Å². The van der Waals surface area contributed by atoms with Gasteiger partial charge >= 0.3 is 0 Å². The maximum absolute atomic E-state index is 14.2. The quantitative estimate of drug-likeness (QED) is 0.372. The summed E-state index contributed by atoms with van der Waals surface area (Å²) >= 11 is 1.41. The molecule has 0 bridgehead atoms. The number of benzene rings is 1. The number of hydrogen-bond acceptors (Lipinski definition) is 9. The third-order valence-corrected chi connectivity index (χ3v) is 8.38. The van der Waals surface area contributed by atoms with E-state index in [1.54, 1.807) is 0 Å². The second kappa shape index (κ2) is 10.3. The van der Waals surface area contributed by atoms with Gasteiger partial charge in [0.15, 0.2) is 10.9 Å². The standard InChI is InChI=1S/C23H27FN4O5S2/c1-13(15-6-8-33-9-7-15)26-23-27-14(2)21(34-23)16-10-20(22(32-3)25-12-16)35(30,31)28-19-5-4-17(29)11-18(19)24/h4-5,10-13,15,28-29H,6-9H2,1-3H3,(H,26,27). The van der Waals surface area contributed by atoms with Crippen LogP contribution in [0.5, 0.6) is 11.6 Å². The van der Waals surface area contributed by atoms with Gasteiger partial charge in [-0.15, -0.1) is 0 Å². The number of anilines is 2. The molecule has 1 saturated heterocycles. The number of methoxy groups -OCH3 is 1. The van der Waals surface area contributed by atoms with Gasteiger partial charge in [0.25, 0.3) is 10.0 Å². The summed E-state index contributed by atoms with van der Waals surface area (Å²) in [6.07, 6.45) is 3.50. The minimum atomic E-state index is -4.26. The van der Waals surface area contributed by atoms with Crippen LogP contribution in [0.1, 0.15) is 25.5 Å². The van der Waals surface area contributed by atoms with Crippen LogP contribution in [0.25, 0.3) is 10.4 Å². The number of ether oxygens (including phenoxy) is 2. The van der Waals surface area contributed by atoms with Crippen LogP contribution in [0, 0.1) is 18.7 Å². The first-order chi connectivity index (χ1) is 16.7. The van der Waals surface area contributed by atoms with E-state index >= 15 is 0 Å². The Labute approximate surface area is 207 Å². The van der Waals surface area contributed by atoms with Gasteiger partial charge in [0.05, 0.1) is 23.4 Å². The summed E-state index contributed by atoms with van der Waals surface area (Å²) in [4.78, 5) is 9.31. The van der Waals surface area contributed by atoms with Crippen molar-refractivity contribution in [2.45, 2.75) is 37.6 Å².